The van der Waals surface area contributed by atoms with Crippen LogP contribution >= 0.6 is 0 Å². The van der Waals surface area contributed by atoms with Crippen molar-refractivity contribution in [2.24, 2.45) is 0 Å². The Bertz CT molecular complexity index is 202. The van der Waals surface area contributed by atoms with Crippen molar-refractivity contribution in [1.29, 1.82) is 0 Å². The maximum absolute atomic E-state index is 12.0. The van der Waals surface area contributed by atoms with Crippen molar-refractivity contribution in [3.63, 3.8) is 0 Å². The fourth-order valence-electron chi connectivity index (χ4n) is 0.891. The fraction of sp³-hybridized carbons (Fsp3) is 1.00. The lowest BCUT2D eigenvalue weighted by molar-refractivity contribution is -0.224. The Labute approximate surface area is 89.0 Å². The molecule has 8 heteroatoms. The zero-order chi connectivity index (χ0) is 13.0. The second-order valence-electron chi connectivity index (χ2n) is 3.38. The summed E-state index contributed by atoms with van der Waals surface area (Å²) in [5, 5.41) is 1.96. The molecule has 0 aliphatic heterocycles. The van der Waals surface area contributed by atoms with Gasteiger partial charge in [-0.1, -0.05) is 0 Å². The Morgan fingerprint density at radius 3 is 1.94 bits per heavy atom. The van der Waals surface area contributed by atoms with Crippen molar-refractivity contribution in [2.45, 2.75) is 38.4 Å². The molecule has 0 amide bonds. The van der Waals surface area contributed by atoms with Crippen LogP contribution in [0.25, 0.3) is 0 Å². The van der Waals surface area contributed by atoms with Crippen molar-refractivity contribution in [2.75, 3.05) is 13.1 Å². The van der Waals surface area contributed by atoms with Crippen LogP contribution in [0.15, 0.2) is 0 Å². The van der Waals surface area contributed by atoms with Crippen LogP contribution in [-0.2, 0) is 4.74 Å². The Balaban J connectivity index is 3.79. The molecule has 0 rings (SSSR count). The number of rotatable bonds is 5. The molecule has 0 aliphatic carbocycles. The quantitative estimate of drug-likeness (QED) is 0.760. The topological polar surface area (TPSA) is 21.3 Å². The molecule has 0 aromatic heterocycles. The summed E-state index contributed by atoms with van der Waals surface area (Å²) in [4.78, 5) is 0. The molecule has 0 heterocycles. The highest BCUT2D eigenvalue weighted by atomic mass is 19.4. The summed E-state index contributed by atoms with van der Waals surface area (Å²) in [7, 11) is 0. The van der Waals surface area contributed by atoms with Crippen LogP contribution in [0.1, 0.15) is 13.8 Å². The minimum atomic E-state index is -4.50. The highest BCUT2D eigenvalue weighted by molar-refractivity contribution is 4.66. The number of alkyl halides is 6. The van der Waals surface area contributed by atoms with Gasteiger partial charge in [-0.25, -0.2) is 0 Å². The zero-order valence-electron chi connectivity index (χ0n) is 8.74. The highest BCUT2D eigenvalue weighted by Gasteiger charge is 2.37. The lowest BCUT2D eigenvalue weighted by atomic mass is 10.3. The third kappa shape index (κ3) is 7.75. The predicted octanol–water partition coefficient (Wildman–Crippen LogP) is 2.49. The predicted molar refractivity (Wildman–Crippen MR) is 45.0 cm³/mol. The van der Waals surface area contributed by atoms with E-state index < -0.39 is 31.1 Å². The summed E-state index contributed by atoms with van der Waals surface area (Å²) in [6.07, 6.45) is -11.8. The molecule has 16 heavy (non-hydrogen) atoms. The van der Waals surface area contributed by atoms with Gasteiger partial charge in [0.1, 0.15) is 0 Å². The molecule has 0 fully saturated rings. The number of halogens is 6. The minimum Gasteiger partial charge on any atom is -0.365 e. The SMILES string of the molecule is CC(CNCC(F)(F)F)OC(C)C(F)(F)F. The van der Waals surface area contributed by atoms with E-state index in [1.165, 1.54) is 6.92 Å². The van der Waals surface area contributed by atoms with E-state index in [-0.39, 0.29) is 6.54 Å². The maximum Gasteiger partial charge on any atom is 0.414 e. The van der Waals surface area contributed by atoms with E-state index in [0.29, 0.717) is 0 Å². The van der Waals surface area contributed by atoms with E-state index in [9.17, 15) is 26.3 Å². The van der Waals surface area contributed by atoms with Gasteiger partial charge in [-0.15, -0.1) is 0 Å². The molecule has 0 aliphatic rings. The number of hydrogen-bond donors (Lipinski definition) is 1. The summed E-state index contributed by atoms with van der Waals surface area (Å²) >= 11 is 0. The molecular weight excluding hydrogens is 240 g/mol. The minimum absolute atomic E-state index is 0.292. The lowest BCUT2D eigenvalue weighted by Gasteiger charge is -2.21. The first-order valence-corrected chi connectivity index (χ1v) is 4.52. The molecule has 0 spiro atoms. The number of nitrogens with one attached hydrogen (secondary N) is 1. The van der Waals surface area contributed by atoms with E-state index >= 15 is 0 Å². The van der Waals surface area contributed by atoms with Gasteiger partial charge in [-0.2, -0.15) is 26.3 Å². The fourth-order valence-corrected chi connectivity index (χ4v) is 0.891. The van der Waals surface area contributed by atoms with E-state index in [1.807, 2.05) is 5.32 Å². The molecule has 0 saturated carbocycles. The molecule has 0 saturated heterocycles. The molecule has 0 aromatic rings. The first-order chi connectivity index (χ1) is 7.02. The maximum atomic E-state index is 12.0. The van der Waals surface area contributed by atoms with Gasteiger partial charge in [0, 0.05) is 6.54 Å². The van der Waals surface area contributed by atoms with Crippen molar-refractivity contribution >= 4 is 0 Å². The Kier molecular flexibility index (Phi) is 5.54. The van der Waals surface area contributed by atoms with Crippen LogP contribution in [0.4, 0.5) is 26.3 Å². The van der Waals surface area contributed by atoms with Crippen LogP contribution in [0, 0.1) is 0 Å². The van der Waals surface area contributed by atoms with Gasteiger partial charge >= 0.3 is 12.4 Å². The van der Waals surface area contributed by atoms with E-state index in [0.717, 1.165) is 6.92 Å². The van der Waals surface area contributed by atoms with Crippen molar-refractivity contribution in [3.05, 3.63) is 0 Å². The molecule has 1 N–H and O–H groups in total. The monoisotopic (exact) mass is 253 g/mol. The normalized spacial score (nSPS) is 17.2. The zero-order valence-corrected chi connectivity index (χ0v) is 8.74. The highest BCUT2D eigenvalue weighted by Crippen LogP contribution is 2.23. The average Bonchev–Trinajstić information content (AvgIpc) is 1.99. The summed E-state index contributed by atoms with van der Waals surface area (Å²) in [5.74, 6) is 0. The van der Waals surface area contributed by atoms with Gasteiger partial charge in [0.2, 0.25) is 0 Å². The summed E-state index contributed by atoms with van der Waals surface area (Å²) in [6.45, 7) is 0.535. The number of ether oxygens (including phenoxy) is 1. The van der Waals surface area contributed by atoms with Crippen LogP contribution < -0.4 is 5.32 Å². The largest absolute Gasteiger partial charge is 0.414 e. The molecule has 2 unspecified atom stereocenters. The van der Waals surface area contributed by atoms with Gasteiger partial charge in [0.15, 0.2) is 6.10 Å². The third-order valence-electron chi connectivity index (χ3n) is 1.65. The lowest BCUT2D eigenvalue weighted by Crippen LogP contribution is -2.38. The van der Waals surface area contributed by atoms with Crippen LogP contribution in [0.3, 0.4) is 0 Å². The van der Waals surface area contributed by atoms with Gasteiger partial charge in [-0.05, 0) is 13.8 Å². The Morgan fingerprint density at radius 2 is 1.56 bits per heavy atom. The first-order valence-electron chi connectivity index (χ1n) is 4.52. The first kappa shape index (κ1) is 15.5. The van der Waals surface area contributed by atoms with Gasteiger partial charge in [0.25, 0.3) is 0 Å². The smallest absolute Gasteiger partial charge is 0.365 e. The second-order valence-corrected chi connectivity index (χ2v) is 3.38. The van der Waals surface area contributed by atoms with Crippen molar-refractivity contribution in [1.82, 2.24) is 5.32 Å². The van der Waals surface area contributed by atoms with Gasteiger partial charge < -0.3 is 10.1 Å². The molecule has 2 atom stereocenters. The Morgan fingerprint density at radius 1 is 1.06 bits per heavy atom. The van der Waals surface area contributed by atoms with E-state index in [1.54, 1.807) is 0 Å². The number of hydrogen-bond acceptors (Lipinski definition) is 2. The van der Waals surface area contributed by atoms with Crippen LogP contribution in [0.5, 0.6) is 0 Å². The molecule has 0 bridgehead atoms. The summed E-state index contributed by atoms with van der Waals surface area (Å²) in [6, 6.07) is 0. The molecule has 98 valence electrons. The summed E-state index contributed by atoms with van der Waals surface area (Å²) in [5.41, 5.74) is 0. The van der Waals surface area contributed by atoms with Crippen LogP contribution in [-0.4, -0.2) is 37.7 Å². The molecule has 0 radical (unpaired) electrons. The third-order valence-corrected chi connectivity index (χ3v) is 1.65. The van der Waals surface area contributed by atoms with Crippen molar-refractivity contribution < 1.29 is 31.1 Å². The average molecular weight is 253 g/mol. The van der Waals surface area contributed by atoms with Crippen LogP contribution in [0.2, 0.25) is 0 Å². The van der Waals surface area contributed by atoms with Crippen molar-refractivity contribution in [3.8, 4) is 0 Å². The molecule has 2 nitrogen and oxygen atoms in total. The second kappa shape index (κ2) is 5.72. The summed E-state index contributed by atoms with van der Waals surface area (Å²) < 4.78 is 75.5. The molecule has 0 aromatic carbocycles. The van der Waals surface area contributed by atoms with E-state index in [2.05, 4.69) is 4.74 Å². The van der Waals surface area contributed by atoms with Gasteiger partial charge in [-0.3, -0.25) is 0 Å². The Hall–Kier alpha value is -0.500. The standard InChI is InChI=1S/C8H13F6NO/c1-5(3-15-4-7(9,10)11)16-6(2)8(12,13)14/h5-6,15H,3-4H2,1-2H3. The van der Waals surface area contributed by atoms with Gasteiger partial charge in [0.05, 0.1) is 12.6 Å². The van der Waals surface area contributed by atoms with E-state index in [4.69, 9.17) is 0 Å². The molecular formula is C8H13F6NO.